The molecule has 1 saturated carbocycles. The van der Waals surface area contributed by atoms with Crippen LogP contribution in [0.25, 0.3) is 0 Å². The third kappa shape index (κ3) is 8.31. The lowest BCUT2D eigenvalue weighted by Gasteiger charge is -2.34. The van der Waals surface area contributed by atoms with Crippen LogP contribution in [0.3, 0.4) is 0 Å². The first kappa shape index (κ1) is 32.8. The predicted molar refractivity (Wildman–Crippen MR) is 173 cm³/mol. The van der Waals surface area contributed by atoms with Gasteiger partial charge < -0.3 is 10.2 Å². The van der Waals surface area contributed by atoms with Crippen LogP contribution in [0, 0.1) is 13.8 Å². The minimum atomic E-state index is -4.13. The number of carbonyl (C=O) groups is 2. The Balaban J connectivity index is 1.72. The molecule has 0 aromatic heterocycles. The molecule has 3 aromatic rings. The summed E-state index contributed by atoms with van der Waals surface area (Å²) >= 11 is 12.6. The van der Waals surface area contributed by atoms with Crippen LogP contribution in [0.2, 0.25) is 10.0 Å². The van der Waals surface area contributed by atoms with Crippen molar-refractivity contribution in [1.82, 2.24) is 10.2 Å². The standard InChI is InChI=1S/C33H39Cl2N3O4S/c1-4-31(33(40)36-27-8-6-5-7-9-27)37(21-25-14-15-26(34)20-30(25)35)32(39)22-38(28-16-10-23(2)11-17-28)43(41,42)29-18-12-24(3)13-19-29/h10-20,27,31H,4-9,21-22H2,1-3H3,(H,36,40)/t31-/m1/s1. The summed E-state index contributed by atoms with van der Waals surface area (Å²) in [7, 11) is -4.13. The van der Waals surface area contributed by atoms with Crippen LogP contribution in [0.15, 0.2) is 71.6 Å². The first-order chi connectivity index (χ1) is 20.5. The molecule has 0 unspecified atom stereocenters. The molecule has 1 N–H and O–H groups in total. The van der Waals surface area contributed by atoms with Crippen LogP contribution in [-0.4, -0.2) is 43.8 Å². The third-order valence-corrected chi connectivity index (χ3v) is 10.3. The summed E-state index contributed by atoms with van der Waals surface area (Å²) in [6.45, 7) is 5.13. The highest BCUT2D eigenvalue weighted by molar-refractivity contribution is 7.92. The molecular formula is C33H39Cl2N3O4S. The maximum absolute atomic E-state index is 14.3. The lowest BCUT2D eigenvalue weighted by Crippen LogP contribution is -2.54. The van der Waals surface area contributed by atoms with E-state index in [0.717, 1.165) is 47.5 Å². The fourth-order valence-corrected chi connectivity index (χ4v) is 7.26. The number of amides is 2. The van der Waals surface area contributed by atoms with Crippen molar-refractivity contribution >= 4 is 50.7 Å². The molecule has 43 heavy (non-hydrogen) atoms. The average molecular weight is 645 g/mol. The van der Waals surface area contributed by atoms with Crippen LogP contribution in [-0.2, 0) is 26.2 Å². The summed E-state index contributed by atoms with van der Waals surface area (Å²) in [6, 6.07) is 17.7. The third-order valence-electron chi connectivity index (χ3n) is 7.90. The molecule has 10 heteroatoms. The molecule has 0 radical (unpaired) electrons. The van der Waals surface area contributed by atoms with E-state index in [9.17, 15) is 18.0 Å². The van der Waals surface area contributed by atoms with Gasteiger partial charge in [-0.1, -0.05) is 90.8 Å². The summed E-state index contributed by atoms with van der Waals surface area (Å²) in [5.41, 5.74) is 2.82. The van der Waals surface area contributed by atoms with Crippen molar-refractivity contribution in [2.75, 3.05) is 10.8 Å². The van der Waals surface area contributed by atoms with Crippen LogP contribution in [0.4, 0.5) is 5.69 Å². The molecule has 1 aliphatic rings. The molecule has 230 valence electrons. The molecule has 4 rings (SSSR count). The highest BCUT2D eigenvalue weighted by Gasteiger charge is 2.34. The number of hydrogen-bond donors (Lipinski definition) is 1. The number of rotatable bonds is 11. The first-order valence-electron chi connectivity index (χ1n) is 14.7. The van der Waals surface area contributed by atoms with E-state index < -0.39 is 28.5 Å². The van der Waals surface area contributed by atoms with E-state index in [1.54, 1.807) is 54.6 Å². The molecule has 0 saturated heterocycles. The molecular weight excluding hydrogens is 605 g/mol. The Kier molecular flexibility index (Phi) is 11.2. The van der Waals surface area contributed by atoms with Crippen LogP contribution >= 0.6 is 23.2 Å². The number of nitrogens with zero attached hydrogens (tertiary/aromatic N) is 2. The van der Waals surface area contributed by atoms with E-state index in [-0.39, 0.29) is 23.4 Å². The molecule has 3 aromatic carbocycles. The summed E-state index contributed by atoms with van der Waals surface area (Å²) in [4.78, 5) is 29.5. The predicted octanol–water partition coefficient (Wildman–Crippen LogP) is 7.06. The minimum absolute atomic E-state index is 0.0117. The van der Waals surface area contributed by atoms with Gasteiger partial charge in [0.05, 0.1) is 10.6 Å². The zero-order valence-electron chi connectivity index (χ0n) is 24.9. The van der Waals surface area contributed by atoms with Gasteiger partial charge in [-0.25, -0.2) is 8.42 Å². The molecule has 0 aliphatic heterocycles. The zero-order valence-corrected chi connectivity index (χ0v) is 27.2. The quantitative estimate of drug-likeness (QED) is 0.242. The second-order valence-electron chi connectivity index (χ2n) is 11.2. The summed E-state index contributed by atoms with van der Waals surface area (Å²) in [5.74, 6) is -0.774. The van der Waals surface area contributed by atoms with E-state index in [0.29, 0.717) is 27.7 Å². The average Bonchev–Trinajstić information content (AvgIpc) is 2.98. The molecule has 1 fully saturated rings. The summed E-state index contributed by atoms with van der Waals surface area (Å²) in [5, 5.41) is 3.95. The number of hydrogen-bond acceptors (Lipinski definition) is 4. The fourth-order valence-electron chi connectivity index (χ4n) is 5.37. The number of carbonyl (C=O) groups excluding carboxylic acids is 2. The van der Waals surface area contributed by atoms with E-state index in [1.807, 2.05) is 20.8 Å². The normalized spacial score (nSPS) is 14.6. The Labute approximate surface area is 265 Å². The van der Waals surface area contributed by atoms with Gasteiger partial charge in [-0.05, 0) is 75.1 Å². The Morgan fingerprint density at radius 1 is 0.907 bits per heavy atom. The largest absolute Gasteiger partial charge is 0.352 e. The smallest absolute Gasteiger partial charge is 0.264 e. The number of nitrogens with one attached hydrogen (secondary N) is 1. The van der Waals surface area contributed by atoms with Gasteiger partial charge in [0, 0.05) is 22.6 Å². The maximum Gasteiger partial charge on any atom is 0.264 e. The van der Waals surface area contributed by atoms with Crippen molar-refractivity contribution in [2.24, 2.45) is 0 Å². The Morgan fingerprint density at radius 3 is 2.09 bits per heavy atom. The monoisotopic (exact) mass is 643 g/mol. The summed E-state index contributed by atoms with van der Waals surface area (Å²) in [6.07, 6.45) is 5.38. The second-order valence-corrected chi connectivity index (χ2v) is 13.9. The molecule has 1 aliphatic carbocycles. The van der Waals surface area contributed by atoms with Gasteiger partial charge in [0.25, 0.3) is 10.0 Å². The van der Waals surface area contributed by atoms with Gasteiger partial charge in [0.15, 0.2) is 0 Å². The highest BCUT2D eigenvalue weighted by atomic mass is 35.5. The number of anilines is 1. The Hall–Kier alpha value is -3.07. The van der Waals surface area contributed by atoms with Crippen LogP contribution in [0.1, 0.15) is 62.1 Å². The zero-order chi connectivity index (χ0) is 31.1. The Bertz CT molecular complexity index is 1520. The van der Waals surface area contributed by atoms with E-state index in [1.165, 1.54) is 17.0 Å². The van der Waals surface area contributed by atoms with E-state index >= 15 is 0 Å². The van der Waals surface area contributed by atoms with Gasteiger partial charge in [-0.3, -0.25) is 13.9 Å². The van der Waals surface area contributed by atoms with Gasteiger partial charge in [-0.2, -0.15) is 0 Å². The Morgan fingerprint density at radius 2 is 1.51 bits per heavy atom. The number of sulfonamides is 1. The SMILES string of the molecule is CC[C@H](C(=O)NC1CCCCC1)N(Cc1ccc(Cl)cc1Cl)C(=O)CN(c1ccc(C)cc1)S(=O)(=O)c1ccc(C)cc1. The molecule has 1 atom stereocenters. The lowest BCUT2D eigenvalue weighted by atomic mass is 9.95. The second kappa shape index (κ2) is 14.6. The van der Waals surface area contributed by atoms with Crippen molar-refractivity contribution in [2.45, 2.75) is 82.8 Å². The first-order valence-corrected chi connectivity index (χ1v) is 16.9. The molecule has 0 bridgehead atoms. The number of halogens is 2. The van der Waals surface area contributed by atoms with Crippen molar-refractivity contribution in [1.29, 1.82) is 0 Å². The van der Waals surface area contributed by atoms with E-state index in [4.69, 9.17) is 23.2 Å². The van der Waals surface area contributed by atoms with Crippen LogP contribution in [0.5, 0.6) is 0 Å². The van der Waals surface area contributed by atoms with Crippen molar-refractivity contribution in [3.63, 3.8) is 0 Å². The molecule has 0 heterocycles. The summed E-state index contributed by atoms with van der Waals surface area (Å²) < 4.78 is 29.1. The lowest BCUT2D eigenvalue weighted by molar-refractivity contribution is -0.140. The van der Waals surface area contributed by atoms with E-state index in [2.05, 4.69) is 5.32 Å². The van der Waals surface area contributed by atoms with Gasteiger partial charge in [0.1, 0.15) is 12.6 Å². The van der Waals surface area contributed by atoms with Crippen molar-refractivity contribution < 1.29 is 18.0 Å². The van der Waals surface area contributed by atoms with Crippen LogP contribution < -0.4 is 9.62 Å². The minimum Gasteiger partial charge on any atom is -0.352 e. The molecule has 2 amide bonds. The highest BCUT2D eigenvalue weighted by Crippen LogP contribution is 2.28. The number of aryl methyl sites for hydroxylation is 2. The van der Waals surface area contributed by atoms with Gasteiger partial charge in [0.2, 0.25) is 11.8 Å². The maximum atomic E-state index is 14.3. The topological polar surface area (TPSA) is 86.8 Å². The number of benzene rings is 3. The van der Waals surface area contributed by atoms with Crippen molar-refractivity contribution in [3.05, 3.63) is 93.5 Å². The van der Waals surface area contributed by atoms with Crippen molar-refractivity contribution in [3.8, 4) is 0 Å². The van der Waals surface area contributed by atoms with Gasteiger partial charge >= 0.3 is 0 Å². The molecule has 7 nitrogen and oxygen atoms in total. The molecule has 0 spiro atoms. The van der Waals surface area contributed by atoms with Gasteiger partial charge in [-0.15, -0.1) is 0 Å². The fraction of sp³-hybridized carbons (Fsp3) is 0.394.